The van der Waals surface area contributed by atoms with Gasteiger partial charge in [-0.05, 0) is 6.92 Å². The quantitative estimate of drug-likeness (QED) is 0.703. The molecule has 0 saturated carbocycles. The highest BCUT2D eigenvalue weighted by molar-refractivity contribution is 7.09. The summed E-state index contributed by atoms with van der Waals surface area (Å²) in [7, 11) is 0. The molecule has 1 rings (SSSR count). The molecule has 12 heavy (non-hydrogen) atoms. The molecule has 0 spiro atoms. The Morgan fingerprint density at radius 2 is 2.58 bits per heavy atom. The number of hydrogen-bond donors (Lipinski definition) is 0. The van der Waals surface area contributed by atoms with Crippen molar-refractivity contribution in [1.29, 1.82) is 5.26 Å². The molecule has 0 N–H and O–H groups in total. The van der Waals surface area contributed by atoms with Gasteiger partial charge in [0.1, 0.15) is 6.33 Å². The summed E-state index contributed by atoms with van der Waals surface area (Å²) in [6.45, 7) is 3.65. The molecule has 5 heteroatoms. The fourth-order valence-electron chi connectivity index (χ4n) is 0.881. The molecule has 1 heterocycles. The van der Waals surface area contributed by atoms with Gasteiger partial charge in [0, 0.05) is 24.6 Å². The molecule has 0 saturated heterocycles. The first-order valence-electron chi connectivity index (χ1n) is 3.77. The molecule has 0 radical (unpaired) electrons. The molecule has 0 atom stereocenters. The maximum Gasteiger partial charge on any atom is 0.204 e. The predicted molar refractivity (Wildman–Crippen MR) is 48.0 cm³/mol. The van der Waals surface area contributed by atoms with E-state index >= 15 is 0 Å². The third-order valence-electron chi connectivity index (χ3n) is 1.50. The van der Waals surface area contributed by atoms with Crippen molar-refractivity contribution in [2.24, 2.45) is 0 Å². The van der Waals surface area contributed by atoms with Crippen LogP contribution in [0.15, 0.2) is 6.33 Å². The molecule has 1 aromatic rings. The van der Waals surface area contributed by atoms with Crippen LogP contribution in [0.25, 0.3) is 0 Å². The van der Waals surface area contributed by atoms with Crippen LogP contribution in [0.2, 0.25) is 0 Å². The van der Waals surface area contributed by atoms with E-state index in [9.17, 15) is 0 Å². The maximum absolute atomic E-state index is 8.40. The van der Waals surface area contributed by atoms with Gasteiger partial charge in [-0.15, -0.1) is 0 Å². The summed E-state index contributed by atoms with van der Waals surface area (Å²) in [6.07, 6.45) is 2.07. The minimum Gasteiger partial charge on any atom is -0.346 e. The largest absolute Gasteiger partial charge is 0.346 e. The standard InChI is InChI=1S/C7H10N4S/c1-2-11(5-3-4-8)7-9-6-10-12-7/h6H,2-3,5H2,1H3. The SMILES string of the molecule is CCN(CCC#N)c1ncns1. The van der Waals surface area contributed by atoms with E-state index in [2.05, 4.69) is 15.4 Å². The summed E-state index contributed by atoms with van der Waals surface area (Å²) in [4.78, 5) is 6.11. The van der Waals surface area contributed by atoms with Crippen molar-refractivity contribution < 1.29 is 0 Å². The summed E-state index contributed by atoms with van der Waals surface area (Å²) in [6, 6.07) is 2.11. The van der Waals surface area contributed by atoms with E-state index in [4.69, 9.17) is 5.26 Å². The van der Waals surface area contributed by atoms with Gasteiger partial charge >= 0.3 is 0 Å². The van der Waals surface area contributed by atoms with Gasteiger partial charge in [-0.25, -0.2) is 4.98 Å². The summed E-state index contributed by atoms with van der Waals surface area (Å²) >= 11 is 1.36. The van der Waals surface area contributed by atoms with Gasteiger partial charge in [0.2, 0.25) is 5.13 Å². The Balaban J connectivity index is 2.52. The Hall–Kier alpha value is -1.15. The Bertz CT molecular complexity index is 251. The second-order valence-electron chi connectivity index (χ2n) is 2.21. The van der Waals surface area contributed by atoms with E-state index in [0.717, 1.165) is 18.2 Å². The third-order valence-corrected chi connectivity index (χ3v) is 2.22. The van der Waals surface area contributed by atoms with Crippen LogP contribution in [0, 0.1) is 11.3 Å². The van der Waals surface area contributed by atoms with Crippen LogP contribution in [0.5, 0.6) is 0 Å². The smallest absolute Gasteiger partial charge is 0.204 e. The summed E-state index contributed by atoms with van der Waals surface area (Å²) in [5, 5.41) is 9.29. The van der Waals surface area contributed by atoms with Crippen molar-refractivity contribution in [3.05, 3.63) is 6.33 Å². The number of hydrogen-bond acceptors (Lipinski definition) is 5. The first-order chi connectivity index (χ1) is 5.88. The van der Waals surface area contributed by atoms with E-state index in [0.29, 0.717) is 6.42 Å². The van der Waals surface area contributed by atoms with Crippen LogP contribution >= 0.6 is 11.5 Å². The fourth-order valence-corrected chi connectivity index (χ4v) is 1.50. The summed E-state index contributed by atoms with van der Waals surface area (Å²) < 4.78 is 3.91. The van der Waals surface area contributed by atoms with Crippen LogP contribution < -0.4 is 4.90 Å². The molecule has 64 valence electrons. The van der Waals surface area contributed by atoms with Gasteiger partial charge in [-0.2, -0.15) is 9.64 Å². The fraction of sp³-hybridized carbons (Fsp3) is 0.571. The van der Waals surface area contributed by atoms with Crippen molar-refractivity contribution in [1.82, 2.24) is 9.36 Å². The van der Waals surface area contributed by atoms with Gasteiger partial charge in [0.15, 0.2) is 0 Å². The average molecular weight is 182 g/mol. The van der Waals surface area contributed by atoms with Crippen LogP contribution in [-0.2, 0) is 0 Å². The number of nitrogens with zero attached hydrogens (tertiary/aromatic N) is 4. The van der Waals surface area contributed by atoms with Crippen molar-refractivity contribution in [3.8, 4) is 6.07 Å². The number of nitriles is 1. The van der Waals surface area contributed by atoms with Gasteiger partial charge < -0.3 is 4.90 Å². The molecular formula is C7H10N4S. The van der Waals surface area contributed by atoms with Crippen LogP contribution in [-0.4, -0.2) is 22.4 Å². The van der Waals surface area contributed by atoms with Gasteiger partial charge in [0.25, 0.3) is 0 Å². The minimum atomic E-state index is 0.535. The zero-order valence-corrected chi connectivity index (χ0v) is 7.71. The third kappa shape index (κ3) is 2.17. The molecule has 0 amide bonds. The van der Waals surface area contributed by atoms with Crippen molar-refractivity contribution in [2.75, 3.05) is 18.0 Å². The molecule has 0 unspecified atom stereocenters. The topological polar surface area (TPSA) is 52.8 Å². The lowest BCUT2D eigenvalue weighted by molar-refractivity contribution is 0.822. The predicted octanol–water partition coefficient (Wildman–Crippen LogP) is 1.28. The van der Waals surface area contributed by atoms with Crippen molar-refractivity contribution in [2.45, 2.75) is 13.3 Å². The highest BCUT2D eigenvalue weighted by Crippen LogP contribution is 2.13. The molecule has 0 fully saturated rings. The Morgan fingerprint density at radius 1 is 1.75 bits per heavy atom. The highest BCUT2D eigenvalue weighted by atomic mass is 32.1. The monoisotopic (exact) mass is 182 g/mol. The zero-order chi connectivity index (χ0) is 8.81. The molecule has 4 nitrogen and oxygen atoms in total. The lowest BCUT2D eigenvalue weighted by atomic mass is 10.4. The van der Waals surface area contributed by atoms with Crippen LogP contribution in [0.1, 0.15) is 13.3 Å². The Labute approximate surface area is 75.6 Å². The molecule has 0 bridgehead atoms. The van der Waals surface area contributed by atoms with E-state index in [1.807, 2.05) is 11.8 Å². The first-order valence-corrected chi connectivity index (χ1v) is 4.54. The van der Waals surface area contributed by atoms with E-state index < -0.39 is 0 Å². The minimum absolute atomic E-state index is 0.535. The second-order valence-corrected chi connectivity index (χ2v) is 2.97. The normalized spacial score (nSPS) is 9.33. The average Bonchev–Trinajstić information content (AvgIpc) is 2.59. The van der Waals surface area contributed by atoms with Crippen LogP contribution in [0.4, 0.5) is 5.13 Å². The molecule has 0 aromatic carbocycles. The molecule has 0 aliphatic rings. The van der Waals surface area contributed by atoms with Crippen LogP contribution in [0.3, 0.4) is 0 Å². The molecule has 0 aliphatic heterocycles. The highest BCUT2D eigenvalue weighted by Gasteiger charge is 2.05. The Kier molecular flexibility index (Phi) is 3.48. The van der Waals surface area contributed by atoms with Gasteiger partial charge in [-0.3, -0.25) is 0 Å². The molecule has 0 aliphatic carbocycles. The number of rotatable bonds is 4. The van der Waals surface area contributed by atoms with Crippen molar-refractivity contribution in [3.63, 3.8) is 0 Å². The Morgan fingerprint density at radius 3 is 3.08 bits per heavy atom. The van der Waals surface area contributed by atoms with Gasteiger partial charge in [0.05, 0.1) is 12.5 Å². The summed E-state index contributed by atoms with van der Waals surface area (Å²) in [5.41, 5.74) is 0. The zero-order valence-electron chi connectivity index (χ0n) is 6.90. The first kappa shape index (κ1) is 8.94. The molecule has 1 aromatic heterocycles. The number of aromatic nitrogens is 2. The van der Waals surface area contributed by atoms with E-state index in [1.54, 1.807) is 0 Å². The van der Waals surface area contributed by atoms with Crippen molar-refractivity contribution >= 4 is 16.7 Å². The second kappa shape index (κ2) is 4.67. The van der Waals surface area contributed by atoms with Gasteiger partial charge in [-0.1, -0.05) is 0 Å². The maximum atomic E-state index is 8.40. The number of anilines is 1. The van der Waals surface area contributed by atoms with E-state index in [1.165, 1.54) is 17.9 Å². The lowest BCUT2D eigenvalue weighted by Gasteiger charge is -2.16. The van der Waals surface area contributed by atoms with E-state index in [-0.39, 0.29) is 0 Å². The lowest BCUT2D eigenvalue weighted by Crippen LogP contribution is -2.23. The summed E-state index contributed by atoms with van der Waals surface area (Å²) in [5.74, 6) is 0. The molecular weight excluding hydrogens is 172 g/mol.